The van der Waals surface area contributed by atoms with Gasteiger partial charge in [-0.25, -0.2) is 4.79 Å². The molecule has 4 atom stereocenters. The van der Waals surface area contributed by atoms with Crippen molar-refractivity contribution in [2.75, 3.05) is 6.61 Å². The highest BCUT2D eigenvalue weighted by Crippen LogP contribution is 2.38. The van der Waals surface area contributed by atoms with Gasteiger partial charge in [-0.2, -0.15) is 0 Å². The molecule has 2 fully saturated rings. The fourth-order valence-electron chi connectivity index (χ4n) is 4.22. The summed E-state index contributed by atoms with van der Waals surface area (Å²) >= 11 is 0. The highest BCUT2D eigenvalue weighted by atomic mass is 16.6. The minimum absolute atomic E-state index is 0.105. The van der Waals surface area contributed by atoms with Crippen LogP contribution < -0.4 is 0 Å². The summed E-state index contributed by atoms with van der Waals surface area (Å²) in [4.78, 5) is 51.3. The predicted octanol–water partition coefficient (Wildman–Crippen LogP) is 2.51. The molecule has 0 bridgehead atoms. The molecule has 2 aliphatic rings. The molecule has 2 aliphatic heterocycles. The molecule has 0 radical (unpaired) electrons. The van der Waals surface area contributed by atoms with Gasteiger partial charge >= 0.3 is 12.1 Å². The summed E-state index contributed by atoms with van der Waals surface area (Å²) in [6, 6.07) is 15.4. The van der Waals surface area contributed by atoms with E-state index >= 15 is 0 Å². The van der Waals surface area contributed by atoms with Crippen molar-refractivity contribution in [1.82, 2.24) is 9.80 Å². The zero-order chi connectivity index (χ0) is 22.7. The Balaban J connectivity index is 1.68. The first-order valence-corrected chi connectivity index (χ1v) is 10.2. The topological polar surface area (TPSA) is 104 Å². The lowest BCUT2D eigenvalue weighted by Crippen LogP contribution is -2.73. The third kappa shape index (κ3) is 3.99. The number of ether oxygens (including phenoxy) is 1. The van der Waals surface area contributed by atoms with Crippen LogP contribution in [0.3, 0.4) is 0 Å². The molecule has 0 aliphatic carbocycles. The molecule has 2 amide bonds. The van der Waals surface area contributed by atoms with Crippen LogP contribution in [0.2, 0.25) is 0 Å². The maximum Gasteiger partial charge on any atom is 0.411 e. The summed E-state index contributed by atoms with van der Waals surface area (Å²) in [7, 11) is 0. The Morgan fingerprint density at radius 3 is 2.38 bits per heavy atom. The molecule has 2 aromatic carbocycles. The molecular formula is C24H22N2O6. The summed E-state index contributed by atoms with van der Waals surface area (Å²) < 4.78 is 5.26. The Hall–Kier alpha value is -3.94. The van der Waals surface area contributed by atoms with E-state index in [0.29, 0.717) is 6.29 Å². The number of aldehydes is 1. The first kappa shape index (κ1) is 21.3. The molecule has 0 saturated carbocycles. The van der Waals surface area contributed by atoms with Crippen molar-refractivity contribution in [1.29, 1.82) is 0 Å². The van der Waals surface area contributed by atoms with E-state index in [2.05, 4.69) is 0 Å². The van der Waals surface area contributed by atoms with Gasteiger partial charge in [-0.3, -0.25) is 14.5 Å². The van der Waals surface area contributed by atoms with Crippen molar-refractivity contribution >= 4 is 30.3 Å². The number of aliphatic carboxylic acids is 1. The summed E-state index contributed by atoms with van der Waals surface area (Å²) in [6.07, 6.45) is 2.86. The third-order valence-electron chi connectivity index (χ3n) is 5.73. The molecule has 32 heavy (non-hydrogen) atoms. The standard InChI is InChI=1S/C24H22N2O6/c27-14-18(13-21(28)29)25-19(12-11-16-7-3-1-4-8-16)22(23(25)30)26-20(15-32-24(26)31)17-9-5-2-6-10-17/h1-12,14,18-20,22H,13,15H2,(H,28,29)/b12-11+/t18-,19?,20-,22?/m1/s1. The van der Waals surface area contributed by atoms with Gasteiger partial charge in [0, 0.05) is 0 Å². The first-order valence-electron chi connectivity index (χ1n) is 10.2. The number of carbonyl (C=O) groups excluding carboxylic acids is 3. The number of hydrogen-bond acceptors (Lipinski definition) is 5. The van der Waals surface area contributed by atoms with E-state index in [9.17, 15) is 24.3 Å². The van der Waals surface area contributed by atoms with E-state index in [0.717, 1.165) is 11.1 Å². The number of cyclic esters (lactones) is 1. The molecule has 2 heterocycles. The highest BCUT2D eigenvalue weighted by molar-refractivity contribution is 5.96. The second-order valence-electron chi connectivity index (χ2n) is 7.66. The van der Waals surface area contributed by atoms with Gasteiger partial charge < -0.3 is 19.5 Å². The van der Waals surface area contributed by atoms with Gasteiger partial charge in [-0.15, -0.1) is 0 Å². The average Bonchev–Trinajstić information content (AvgIpc) is 3.17. The lowest BCUT2D eigenvalue weighted by atomic mass is 9.88. The van der Waals surface area contributed by atoms with Crippen molar-refractivity contribution in [3.63, 3.8) is 0 Å². The number of amides is 2. The Morgan fingerprint density at radius 2 is 1.75 bits per heavy atom. The minimum atomic E-state index is -1.19. The quantitative estimate of drug-likeness (QED) is 0.506. The second-order valence-corrected chi connectivity index (χ2v) is 7.66. The van der Waals surface area contributed by atoms with E-state index in [1.54, 1.807) is 12.2 Å². The number of carbonyl (C=O) groups is 4. The zero-order valence-corrected chi connectivity index (χ0v) is 17.1. The largest absolute Gasteiger partial charge is 0.481 e. The van der Waals surface area contributed by atoms with Crippen LogP contribution in [0, 0.1) is 0 Å². The smallest absolute Gasteiger partial charge is 0.411 e. The fourth-order valence-corrected chi connectivity index (χ4v) is 4.22. The van der Waals surface area contributed by atoms with Crippen LogP contribution in [0.25, 0.3) is 6.08 Å². The van der Waals surface area contributed by atoms with Crippen molar-refractivity contribution in [2.24, 2.45) is 0 Å². The number of β-lactam (4-membered cyclic amide) rings is 1. The Kier molecular flexibility index (Phi) is 6.02. The number of hydrogen-bond donors (Lipinski definition) is 1. The molecule has 0 aromatic heterocycles. The molecule has 0 spiro atoms. The van der Waals surface area contributed by atoms with E-state index in [1.807, 2.05) is 60.7 Å². The SMILES string of the molecule is O=C[C@@H](CC(=O)O)N1C(=O)C(N2C(=O)OC[C@@H]2c2ccccc2)C1/C=C/c1ccccc1. The van der Waals surface area contributed by atoms with E-state index in [4.69, 9.17) is 4.74 Å². The normalized spacial score (nSPS) is 23.7. The van der Waals surface area contributed by atoms with Gasteiger partial charge in [0.2, 0.25) is 5.91 Å². The second kappa shape index (κ2) is 9.05. The molecule has 2 unspecified atom stereocenters. The number of carboxylic acids is 1. The number of nitrogens with zero attached hydrogens (tertiary/aromatic N) is 2. The maximum atomic E-state index is 13.2. The third-order valence-corrected chi connectivity index (χ3v) is 5.73. The summed E-state index contributed by atoms with van der Waals surface area (Å²) in [6.45, 7) is 0.105. The number of likely N-dealkylation sites (tertiary alicyclic amines) is 1. The van der Waals surface area contributed by atoms with Crippen LogP contribution in [0.1, 0.15) is 23.6 Å². The monoisotopic (exact) mass is 434 g/mol. The van der Waals surface area contributed by atoms with Gasteiger partial charge in [0.15, 0.2) is 0 Å². The lowest BCUT2D eigenvalue weighted by Gasteiger charge is -2.51. The van der Waals surface area contributed by atoms with Crippen LogP contribution >= 0.6 is 0 Å². The van der Waals surface area contributed by atoms with Gasteiger partial charge in [0.25, 0.3) is 0 Å². The molecular weight excluding hydrogens is 412 g/mol. The summed E-state index contributed by atoms with van der Waals surface area (Å²) in [5, 5.41) is 9.17. The number of carboxylic acid groups (broad SMARTS) is 1. The van der Waals surface area contributed by atoms with Gasteiger partial charge in [0.1, 0.15) is 18.9 Å². The first-order chi connectivity index (χ1) is 15.5. The van der Waals surface area contributed by atoms with E-state index in [-0.39, 0.29) is 6.61 Å². The Morgan fingerprint density at radius 1 is 1.09 bits per heavy atom. The zero-order valence-electron chi connectivity index (χ0n) is 17.1. The van der Waals surface area contributed by atoms with E-state index in [1.165, 1.54) is 9.80 Å². The molecule has 1 N–H and O–H groups in total. The molecule has 2 aromatic rings. The molecule has 164 valence electrons. The van der Waals surface area contributed by atoms with Gasteiger partial charge in [-0.05, 0) is 11.1 Å². The van der Waals surface area contributed by atoms with E-state index < -0.39 is 48.6 Å². The lowest BCUT2D eigenvalue weighted by molar-refractivity contribution is -0.162. The van der Waals surface area contributed by atoms with Crippen LogP contribution in [0.15, 0.2) is 66.7 Å². The van der Waals surface area contributed by atoms with Crippen molar-refractivity contribution in [3.05, 3.63) is 77.9 Å². The Bertz CT molecular complexity index is 1040. The molecule has 8 nitrogen and oxygen atoms in total. The molecule has 8 heteroatoms. The average molecular weight is 434 g/mol. The van der Waals surface area contributed by atoms with Gasteiger partial charge in [0.05, 0.1) is 24.5 Å². The summed E-state index contributed by atoms with van der Waals surface area (Å²) in [5.41, 5.74) is 1.70. The molecule has 2 saturated heterocycles. The molecule has 4 rings (SSSR count). The van der Waals surface area contributed by atoms with Crippen molar-refractivity contribution in [3.8, 4) is 0 Å². The Labute approximate surface area is 184 Å². The van der Waals surface area contributed by atoms with Crippen molar-refractivity contribution in [2.45, 2.75) is 30.6 Å². The highest BCUT2D eigenvalue weighted by Gasteiger charge is 2.57. The minimum Gasteiger partial charge on any atom is -0.481 e. The van der Waals surface area contributed by atoms with Crippen LogP contribution in [0.5, 0.6) is 0 Å². The maximum absolute atomic E-state index is 13.2. The van der Waals surface area contributed by atoms with Gasteiger partial charge in [-0.1, -0.05) is 72.8 Å². The van der Waals surface area contributed by atoms with Crippen LogP contribution in [-0.2, 0) is 19.1 Å². The summed E-state index contributed by atoms with van der Waals surface area (Å²) in [5.74, 6) is -1.67. The van der Waals surface area contributed by atoms with Crippen LogP contribution in [0.4, 0.5) is 4.79 Å². The number of rotatable bonds is 8. The van der Waals surface area contributed by atoms with Crippen LogP contribution in [-0.4, -0.2) is 63.9 Å². The van der Waals surface area contributed by atoms with Crippen molar-refractivity contribution < 1.29 is 29.0 Å². The predicted molar refractivity (Wildman–Crippen MR) is 114 cm³/mol. The number of benzene rings is 2. The fraction of sp³-hybridized carbons (Fsp3) is 0.250.